The quantitative estimate of drug-likeness (QED) is 0.755. The number of nitrogens with zero attached hydrogens (tertiary/aromatic N) is 1. The van der Waals surface area contributed by atoms with Gasteiger partial charge >= 0.3 is 0 Å². The lowest BCUT2D eigenvalue weighted by atomic mass is 10.2. The maximum atomic E-state index is 5.70. The minimum absolute atomic E-state index is 0.667. The zero-order valence-electron chi connectivity index (χ0n) is 11.0. The van der Waals surface area contributed by atoms with Crippen LogP contribution in [0.3, 0.4) is 0 Å². The van der Waals surface area contributed by atoms with Crippen LogP contribution in [0.4, 0.5) is 0 Å². The van der Waals surface area contributed by atoms with Crippen molar-refractivity contribution in [3.63, 3.8) is 0 Å². The Morgan fingerprint density at radius 3 is 2.42 bits per heavy atom. The number of methoxy groups -OCH3 is 2. The number of thiazole rings is 1. The van der Waals surface area contributed by atoms with Crippen molar-refractivity contribution in [1.82, 2.24) is 4.98 Å². The molecule has 0 aliphatic carbocycles. The normalized spacial score (nSPS) is 10.5. The Morgan fingerprint density at radius 2 is 1.84 bits per heavy atom. The van der Waals surface area contributed by atoms with Gasteiger partial charge in [-0.05, 0) is 25.0 Å². The van der Waals surface area contributed by atoms with E-state index in [4.69, 9.17) is 21.1 Å². The van der Waals surface area contributed by atoms with Crippen LogP contribution in [0.5, 0.6) is 11.5 Å². The van der Waals surface area contributed by atoms with Gasteiger partial charge in [0.2, 0.25) is 0 Å². The maximum Gasteiger partial charge on any atom is 0.123 e. The van der Waals surface area contributed by atoms with Gasteiger partial charge in [-0.2, -0.15) is 0 Å². The number of hydrogen-bond donors (Lipinski definition) is 0. The summed E-state index contributed by atoms with van der Waals surface area (Å²) in [5.41, 5.74) is 2.10. The average molecular weight is 298 g/mol. The second-order valence-corrected chi connectivity index (χ2v) is 5.27. The van der Waals surface area contributed by atoms with Gasteiger partial charge in [-0.3, -0.25) is 0 Å². The Morgan fingerprint density at radius 1 is 1.16 bits per heavy atom. The topological polar surface area (TPSA) is 31.4 Å². The highest BCUT2D eigenvalue weighted by Crippen LogP contribution is 2.31. The fraction of sp³-hybridized carbons (Fsp3) is 0.357. The van der Waals surface area contributed by atoms with Crippen molar-refractivity contribution in [3.8, 4) is 22.1 Å². The molecule has 0 saturated carbocycles. The van der Waals surface area contributed by atoms with Crippen LogP contribution in [-0.2, 0) is 6.42 Å². The lowest BCUT2D eigenvalue weighted by Crippen LogP contribution is -1.89. The van der Waals surface area contributed by atoms with Crippen molar-refractivity contribution in [2.75, 3.05) is 20.1 Å². The molecule has 19 heavy (non-hydrogen) atoms. The largest absolute Gasteiger partial charge is 0.497 e. The number of halogens is 1. The number of benzene rings is 1. The number of rotatable bonds is 6. The van der Waals surface area contributed by atoms with Gasteiger partial charge in [-0.25, -0.2) is 4.98 Å². The molecule has 0 fully saturated rings. The van der Waals surface area contributed by atoms with E-state index in [0.29, 0.717) is 5.88 Å². The predicted octanol–water partition coefficient (Wildman–Crippen LogP) is 4.00. The second-order valence-electron chi connectivity index (χ2n) is 4.04. The highest BCUT2D eigenvalue weighted by atomic mass is 35.5. The molecule has 1 aromatic carbocycles. The molecule has 0 saturated heterocycles. The summed E-state index contributed by atoms with van der Waals surface area (Å²) in [7, 11) is 3.29. The van der Waals surface area contributed by atoms with E-state index in [-0.39, 0.29) is 0 Å². The average Bonchev–Trinajstić information content (AvgIpc) is 2.93. The highest BCUT2D eigenvalue weighted by molar-refractivity contribution is 7.13. The molecule has 0 bridgehead atoms. The first kappa shape index (κ1) is 14.2. The fourth-order valence-corrected chi connectivity index (χ4v) is 2.71. The molecule has 0 atom stereocenters. The summed E-state index contributed by atoms with van der Waals surface area (Å²) in [6, 6.07) is 5.78. The molecule has 0 unspecified atom stereocenters. The zero-order chi connectivity index (χ0) is 13.7. The first-order chi connectivity index (χ1) is 9.26. The van der Waals surface area contributed by atoms with Crippen LogP contribution in [0.25, 0.3) is 10.6 Å². The van der Waals surface area contributed by atoms with E-state index in [9.17, 15) is 0 Å². The van der Waals surface area contributed by atoms with E-state index in [0.717, 1.165) is 40.6 Å². The van der Waals surface area contributed by atoms with Gasteiger partial charge in [-0.15, -0.1) is 22.9 Å². The van der Waals surface area contributed by atoms with Gasteiger partial charge in [-0.1, -0.05) is 0 Å². The van der Waals surface area contributed by atoms with E-state index in [1.54, 1.807) is 25.6 Å². The summed E-state index contributed by atoms with van der Waals surface area (Å²) in [5.74, 6) is 2.21. The third kappa shape index (κ3) is 3.61. The summed E-state index contributed by atoms with van der Waals surface area (Å²) in [6.45, 7) is 0. The molecule has 0 radical (unpaired) electrons. The van der Waals surface area contributed by atoms with Crippen molar-refractivity contribution >= 4 is 22.9 Å². The second kappa shape index (κ2) is 6.78. The predicted molar refractivity (Wildman–Crippen MR) is 79.7 cm³/mol. The van der Waals surface area contributed by atoms with Crippen LogP contribution in [0.2, 0.25) is 0 Å². The summed E-state index contributed by atoms with van der Waals surface area (Å²) >= 11 is 7.32. The number of aromatic nitrogens is 1. The van der Waals surface area contributed by atoms with E-state index < -0.39 is 0 Å². The van der Waals surface area contributed by atoms with Crippen molar-refractivity contribution in [2.24, 2.45) is 0 Å². The molecule has 0 aliphatic heterocycles. The molecule has 0 amide bonds. The van der Waals surface area contributed by atoms with E-state index in [2.05, 4.69) is 10.4 Å². The van der Waals surface area contributed by atoms with Gasteiger partial charge in [0.15, 0.2) is 0 Å². The van der Waals surface area contributed by atoms with Crippen LogP contribution in [-0.4, -0.2) is 25.1 Å². The molecule has 0 spiro atoms. The van der Waals surface area contributed by atoms with Gasteiger partial charge in [0.05, 0.1) is 19.9 Å². The van der Waals surface area contributed by atoms with Crippen LogP contribution in [0.1, 0.15) is 12.1 Å². The number of ether oxygens (including phenoxy) is 2. The Hall–Kier alpha value is -1.26. The third-order valence-corrected chi connectivity index (χ3v) is 3.92. The van der Waals surface area contributed by atoms with E-state index >= 15 is 0 Å². The van der Waals surface area contributed by atoms with Crippen LogP contribution >= 0.6 is 22.9 Å². The van der Waals surface area contributed by atoms with E-state index in [1.165, 1.54) is 0 Å². The monoisotopic (exact) mass is 297 g/mol. The molecule has 2 rings (SSSR count). The molecule has 3 nitrogen and oxygen atoms in total. The molecule has 102 valence electrons. The van der Waals surface area contributed by atoms with E-state index in [1.807, 2.05) is 18.2 Å². The summed E-state index contributed by atoms with van der Waals surface area (Å²) < 4.78 is 10.5. The van der Waals surface area contributed by atoms with Crippen molar-refractivity contribution in [2.45, 2.75) is 12.8 Å². The number of hydrogen-bond acceptors (Lipinski definition) is 4. The Bertz CT molecular complexity index is 520. The van der Waals surface area contributed by atoms with Crippen LogP contribution in [0, 0.1) is 0 Å². The molecule has 0 N–H and O–H groups in total. The van der Waals surface area contributed by atoms with Gasteiger partial charge in [0.1, 0.15) is 16.5 Å². The van der Waals surface area contributed by atoms with Gasteiger partial charge in [0.25, 0.3) is 0 Å². The Balaban J connectivity index is 2.27. The van der Waals surface area contributed by atoms with Gasteiger partial charge in [0, 0.05) is 22.9 Å². The standard InChI is InChI=1S/C14H16ClNO2S/c1-17-12-6-10(7-13(8-12)18-2)14-16-11(9-19-14)4-3-5-15/h6-9H,3-5H2,1-2H3. The number of alkyl halides is 1. The van der Waals surface area contributed by atoms with Crippen molar-refractivity contribution in [3.05, 3.63) is 29.3 Å². The summed E-state index contributed by atoms with van der Waals surface area (Å²) in [4.78, 5) is 4.62. The minimum Gasteiger partial charge on any atom is -0.497 e. The first-order valence-electron chi connectivity index (χ1n) is 6.00. The SMILES string of the molecule is COc1cc(OC)cc(-c2nc(CCCCl)cs2)c1. The Kier molecular flexibility index (Phi) is 5.05. The molecule has 1 heterocycles. The molecule has 5 heteroatoms. The van der Waals surface area contributed by atoms with Crippen LogP contribution < -0.4 is 9.47 Å². The third-order valence-electron chi connectivity index (χ3n) is 2.72. The molecule has 2 aromatic rings. The first-order valence-corrected chi connectivity index (χ1v) is 7.42. The maximum absolute atomic E-state index is 5.70. The summed E-state index contributed by atoms with van der Waals surface area (Å²) in [6.07, 6.45) is 1.87. The molecular weight excluding hydrogens is 282 g/mol. The molecule has 1 aromatic heterocycles. The van der Waals surface area contributed by atoms with Crippen molar-refractivity contribution < 1.29 is 9.47 Å². The fourth-order valence-electron chi connectivity index (χ4n) is 1.73. The smallest absolute Gasteiger partial charge is 0.123 e. The van der Waals surface area contributed by atoms with Crippen molar-refractivity contribution in [1.29, 1.82) is 0 Å². The minimum atomic E-state index is 0.667. The lowest BCUT2D eigenvalue weighted by molar-refractivity contribution is 0.394. The van der Waals surface area contributed by atoms with Gasteiger partial charge < -0.3 is 9.47 Å². The highest BCUT2D eigenvalue weighted by Gasteiger charge is 2.08. The molecule has 0 aliphatic rings. The molecular formula is C14H16ClNO2S. The number of aryl methyl sites for hydroxylation is 1. The lowest BCUT2D eigenvalue weighted by Gasteiger charge is -2.06. The Labute approximate surface area is 122 Å². The summed E-state index contributed by atoms with van der Waals surface area (Å²) in [5, 5.41) is 3.05. The zero-order valence-corrected chi connectivity index (χ0v) is 12.6. The van der Waals surface area contributed by atoms with Crippen LogP contribution in [0.15, 0.2) is 23.6 Å².